The van der Waals surface area contributed by atoms with E-state index in [1.807, 2.05) is 10.8 Å². The summed E-state index contributed by atoms with van der Waals surface area (Å²) in [5, 5.41) is 10.5. The van der Waals surface area contributed by atoms with Gasteiger partial charge in [-0.1, -0.05) is 72.1 Å². The fourth-order valence-electron chi connectivity index (χ4n) is 3.58. The number of hydrogen-bond acceptors (Lipinski definition) is 8. The lowest BCUT2D eigenvalue weighted by molar-refractivity contribution is -0.117. The zero-order chi connectivity index (χ0) is 27.1. The highest BCUT2D eigenvalue weighted by molar-refractivity contribution is 7.21. The van der Waals surface area contributed by atoms with Crippen LogP contribution in [0.5, 0.6) is 0 Å². The molecule has 202 valence electrons. The molecule has 4 rings (SSSR count). The Bertz CT molecular complexity index is 1290. The van der Waals surface area contributed by atoms with Crippen LogP contribution in [0.2, 0.25) is 17.3 Å². The van der Waals surface area contributed by atoms with Gasteiger partial charge in [0, 0.05) is 34.7 Å². The standard InChI is InChI=1S/C24H22Cl4N4O2S4/c25-17-9-13(21(27)37-17)15-11-35-23(29-15)31-19(33)7-5-3-1-2-4-6-8-20(34)32-24-30-16(12-36-24)14-10-18(26)38-22(14)28/h9-12H,1-8H2,(H,29,31,33)(H,30,32,34). The molecule has 0 saturated heterocycles. The average molecular weight is 669 g/mol. The molecule has 0 unspecified atom stereocenters. The summed E-state index contributed by atoms with van der Waals surface area (Å²) in [5.74, 6) is -0.0986. The molecular weight excluding hydrogens is 646 g/mol. The Labute approximate surface area is 256 Å². The first kappa shape index (κ1) is 29.7. The molecule has 2 N–H and O–H groups in total. The summed E-state index contributed by atoms with van der Waals surface area (Å²) in [6.07, 6.45) is 6.47. The molecule has 0 atom stereocenters. The van der Waals surface area contributed by atoms with Crippen molar-refractivity contribution in [3.8, 4) is 22.5 Å². The normalized spacial score (nSPS) is 11.2. The Kier molecular flexibility index (Phi) is 11.3. The van der Waals surface area contributed by atoms with Crippen LogP contribution in [0, 0.1) is 0 Å². The first-order chi connectivity index (χ1) is 18.3. The third kappa shape index (κ3) is 8.63. The molecule has 0 spiro atoms. The highest BCUT2D eigenvalue weighted by Crippen LogP contribution is 2.40. The number of nitrogens with zero attached hydrogens (tertiary/aromatic N) is 2. The van der Waals surface area contributed by atoms with Gasteiger partial charge in [0.1, 0.15) is 8.67 Å². The molecule has 0 aromatic carbocycles. The fourth-order valence-corrected chi connectivity index (χ4v) is 8.00. The topological polar surface area (TPSA) is 84.0 Å². The van der Waals surface area contributed by atoms with Crippen LogP contribution in [0.15, 0.2) is 22.9 Å². The van der Waals surface area contributed by atoms with Gasteiger partial charge in [0.25, 0.3) is 0 Å². The summed E-state index contributed by atoms with van der Waals surface area (Å²) in [5.41, 5.74) is 2.96. The van der Waals surface area contributed by atoms with E-state index >= 15 is 0 Å². The van der Waals surface area contributed by atoms with Crippen LogP contribution < -0.4 is 10.6 Å². The van der Waals surface area contributed by atoms with E-state index in [9.17, 15) is 9.59 Å². The molecule has 0 bridgehead atoms. The van der Waals surface area contributed by atoms with Crippen LogP contribution in [-0.2, 0) is 9.59 Å². The number of nitrogens with one attached hydrogen (secondary N) is 2. The van der Waals surface area contributed by atoms with Crippen LogP contribution >= 0.6 is 91.8 Å². The summed E-state index contributed by atoms with van der Waals surface area (Å²) in [7, 11) is 0. The van der Waals surface area contributed by atoms with Crippen molar-refractivity contribution in [1.82, 2.24) is 9.97 Å². The Morgan fingerprint density at radius 1 is 0.658 bits per heavy atom. The molecule has 0 aliphatic carbocycles. The summed E-state index contributed by atoms with van der Waals surface area (Å²) < 4.78 is 2.37. The van der Waals surface area contributed by atoms with Crippen molar-refractivity contribution in [2.75, 3.05) is 10.6 Å². The number of thiazole rings is 2. The molecule has 0 radical (unpaired) electrons. The van der Waals surface area contributed by atoms with E-state index in [-0.39, 0.29) is 11.8 Å². The van der Waals surface area contributed by atoms with Gasteiger partial charge in [-0.15, -0.1) is 45.3 Å². The largest absolute Gasteiger partial charge is 0.302 e. The van der Waals surface area contributed by atoms with Gasteiger partial charge in [-0.3, -0.25) is 9.59 Å². The van der Waals surface area contributed by atoms with Crippen molar-refractivity contribution >= 4 is 114 Å². The number of unbranched alkanes of at least 4 members (excludes halogenated alkanes) is 5. The highest BCUT2D eigenvalue weighted by Gasteiger charge is 2.14. The molecule has 14 heteroatoms. The van der Waals surface area contributed by atoms with Crippen LogP contribution in [0.1, 0.15) is 51.4 Å². The van der Waals surface area contributed by atoms with Gasteiger partial charge < -0.3 is 10.6 Å². The van der Waals surface area contributed by atoms with Gasteiger partial charge >= 0.3 is 0 Å². The minimum atomic E-state index is -0.0493. The number of anilines is 2. The second-order valence-corrected chi connectivity index (χ2v) is 14.6. The van der Waals surface area contributed by atoms with Crippen molar-refractivity contribution in [2.45, 2.75) is 51.4 Å². The van der Waals surface area contributed by atoms with Crippen LogP contribution in [0.4, 0.5) is 10.3 Å². The molecule has 6 nitrogen and oxygen atoms in total. The molecule has 0 saturated carbocycles. The predicted molar refractivity (Wildman–Crippen MR) is 165 cm³/mol. The molecule has 0 aliphatic heterocycles. The maximum Gasteiger partial charge on any atom is 0.226 e. The molecule has 4 aromatic heterocycles. The van der Waals surface area contributed by atoms with Gasteiger partial charge in [-0.25, -0.2) is 9.97 Å². The zero-order valence-electron chi connectivity index (χ0n) is 19.8. The minimum Gasteiger partial charge on any atom is -0.302 e. The molecule has 38 heavy (non-hydrogen) atoms. The van der Waals surface area contributed by atoms with E-state index < -0.39 is 0 Å². The molecule has 4 aromatic rings. The van der Waals surface area contributed by atoms with Crippen molar-refractivity contribution in [3.05, 3.63) is 40.2 Å². The summed E-state index contributed by atoms with van der Waals surface area (Å²) in [6.45, 7) is 0. The number of carbonyl (C=O) groups excluding carboxylic acids is 2. The van der Waals surface area contributed by atoms with E-state index in [2.05, 4.69) is 20.6 Å². The van der Waals surface area contributed by atoms with Gasteiger partial charge in [-0.2, -0.15) is 0 Å². The lowest BCUT2D eigenvalue weighted by Gasteiger charge is -2.04. The van der Waals surface area contributed by atoms with Gasteiger partial charge in [0.05, 0.1) is 20.1 Å². The smallest absolute Gasteiger partial charge is 0.226 e. The number of aromatic nitrogens is 2. The maximum absolute atomic E-state index is 12.2. The first-order valence-electron chi connectivity index (χ1n) is 11.7. The van der Waals surface area contributed by atoms with E-state index in [1.165, 1.54) is 45.3 Å². The lowest BCUT2D eigenvalue weighted by atomic mass is 10.1. The average Bonchev–Trinajstić information content (AvgIpc) is 3.64. The number of hydrogen-bond donors (Lipinski definition) is 2. The van der Waals surface area contributed by atoms with E-state index in [1.54, 1.807) is 12.1 Å². The number of carbonyl (C=O) groups is 2. The molecule has 2 amide bonds. The molecular formula is C24H22Cl4N4O2S4. The van der Waals surface area contributed by atoms with Crippen LogP contribution in [-0.4, -0.2) is 21.8 Å². The van der Waals surface area contributed by atoms with Gasteiger partial charge in [0.15, 0.2) is 10.3 Å². The lowest BCUT2D eigenvalue weighted by Crippen LogP contribution is -2.11. The third-order valence-electron chi connectivity index (χ3n) is 5.42. The Morgan fingerprint density at radius 3 is 1.42 bits per heavy atom. The van der Waals surface area contributed by atoms with Gasteiger partial charge in [-0.05, 0) is 25.0 Å². The first-order valence-corrected chi connectivity index (χ1v) is 16.6. The van der Waals surface area contributed by atoms with Crippen molar-refractivity contribution in [2.24, 2.45) is 0 Å². The summed E-state index contributed by atoms with van der Waals surface area (Å²) in [4.78, 5) is 33.4. The molecule has 0 aliphatic rings. The SMILES string of the molecule is O=C(CCCCCCCCC(=O)Nc1nc(-c2cc(Cl)sc2Cl)cs1)Nc1nc(-c2cc(Cl)sc2Cl)cs1. The quantitative estimate of drug-likeness (QED) is 0.139. The predicted octanol–water partition coefficient (Wildman–Crippen LogP) is 10.4. The monoisotopic (exact) mass is 666 g/mol. The Hall–Kier alpha value is -1.24. The summed E-state index contributed by atoms with van der Waals surface area (Å²) >= 11 is 29.7. The van der Waals surface area contributed by atoms with E-state index in [4.69, 9.17) is 46.4 Å². The maximum atomic E-state index is 12.2. The number of halogens is 4. The Balaban J connectivity index is 1.05. The Morgan fingerprint density at radius 2 is 1.05 bits per heavy atom. The van der Waals surface area contributed by atoms with Crippen LogP contribution in [0.3, 0.4) is 0 Å². The number of amides is 2. The third-order valence-corrected chi connectivity index (χ3v) is 9.91. The second kappa shape index (κ2) is 14.4. The fraction of sp³-hybridized carbons (Fsp3) is 0.333. The van der Waals surface area contributed by atoms with Crippen LogP contribution in [0.25, 0.3) is 22.5 Å². The van der Waals surface area contributed by atoms with Crippen molar-refractivity contribution in [1.29, 1.82) is 0 Å². The van der Waals surface area contributed by atoms with Gasteiger partial charge in [0.2, 0.25) is 11.8 Å². The summed E-state index contributed by atoms with van der Waals surface area (Å²) in [6, 6.07) is 3.55. The van der Waals surface area contributed by atoms with Crippen molar-refractivity contribution in [3.63, 3.8) is 0 Å². The highest BCUT2D eigenvalue weighted by atomic mass is 35.5. The molecule has 0 fully saturated rings. The second-order valence-electron chi connectivity index (χ2n) is 8.27. The van der Waals surface area contributed by atoms with Crippen molar-refractivity contribution < 1.29 is 9.59 Å². The number of thiophene rings is 2. The van der Waals surface area contributed by atoms with E-state index in [0.717, 1.165) is 49.7 Å². The van der Waals surface area contributed by atoms with E-state index in [0.29, 0.717) is 51.8 Å². The minimum absolute atomic E-state index is 0.0493. The zero-order valence-corrected chi connectivity index (χ0v) is 26.1. The molecule has 4 heterocycles. The number of rotatable bonds is 13.